The van der Waals surface area contributed by atoms with Crippen LogP contribution in [0.4, 0.5) is 11.6 Å². The number of anilines is 2. The first-order chi connectivity index (χ1) is 8.61. The van der Waals surface area contributed by atoms with Crippen molar-refractivity contribution in [3.05, 3.63) is 33.3 Å². The van der Waals surface area contributed by atoms with Crippen molar-refractivity contribution >= 4 is 23.0 Å². The van der Waals surface area contributed by atoms with Gasteiger partial charge < -0.3 is 11.1 Å². The van der Waals surface area contributed by atoms with Crippen LogP contribution in [0.1, 0.15) is 28.8 Å². The molecule has 3 N–H and O–H groups in total. The van der Waals surface area contributed by atoms with Gasteiger partial charge in [0, 0.05) is 16.9 Å². The average Bonchev–Trinajstić information content (AvgIpc) is 2.76. The number of nitrogen functional groups attached to an aromatic ring is 1. The van der Waals surface area contributed by atoms with Crippen LogP contribution in [0.2, 0.25) is 0 Å². The number of rotatable bonds is 4. The van der Waals surface area contributed by atoms with Crippen LogP contribution < -0.4 is 11.1 Å². The van der Waals surface area contributed by atoms with Crippen molar-refractivity contribution in [1.82, 2.24) is 9.97 Å². The number of nitrogens with zero attached hydrogens (tertiary/aromatic N) is 2. The van der Waals surface area contributed by atoms with E-state index < -0.39 is 0 Å². The van der Waals surface area contributed by atoms with Crippen LogP contribution in [0.3, 0.4) is 0 Å². The lowest BCUT2D eigenvalue weighted by atomic mass is 10.2. The number of hydrogen-bond acceptors (Lipinski definition) is 5. The van der Waals surface area contributed by atoms with Crippen LogP contribution >= 0.6 is 11.3 Å². The summed E-state index contributed by atoms with van der Waals surface area (Å²) in [6, 6.07) is 2.13. The third-order valence-corrected chi connectivity index (χ3v) is 3.95. The average molecular weight is 262 g/mol. The fraction of sp³-hybridized carbons (Fsp3) is 0.385. The lowest BCUT2D eigenvalue weighted by Crippen LogP contribution is -2.09. The van der Waals surface area contributed by atoms with Crippen molar-refractivity contribution in [2.24, 2.45) is 0 Å². The molecule has 0 saturated heterocycles. The Balaban J connectivity index is 2.18. The molecule has 0 unspecified atom stereocenters. The number of aryl methyl sites for hydroxylation is 2. The summed E-state index contributed by atoms with van der Waals surface area (Å²) in [5.41, 5.74) is 8.11. The zero-order valence-electron chi connectivity index (χ0n) is 10.9. The molecule has 0 aromatic carbocycles. The molecule has 96 valence electrons. The predicted octanol–water partition coefficient (Wildman–Crippen LogP) is 2.91. The maximum atomic E-state index is 5.89. The second kappa shape index (κ2) is 5.35. The molecule has 18 heavy (non-hydrogen) atoms. The van der Waals surface area contributed by atoms with Crippen LogP contribution in [0.25, 0.3) is 0 Å². The summed E-state index contributed by atoms with van der Waals surface area (Å²) < 4.78 is 0. The van der Waals surface area contributed by atoms with E-state index in [4.69, 9.17) is 5.73 Å². The van der Waals surface area contributed by atoms with E-state index in [-0.39, 0.29) is 0 Å². The van der Waals surface area contributed by atoms with E-state index in [0.29, 0.717) is 5.82 Å². The lowest BCUT2D eigenvalue weighted by molar-refractivity contribution is 0.929. The number of nitrogens with one attached hydrogen (secondary N) is 1. The number of nitrogens with two attached hydrogens (primary N) is 1. The normalized spacial score (nSPS) is 10.6. The highest BCUT2D eigenvalue weighted by atomic mass is 32.1. The summed E-state index contributed by atoms with van der Waals surface area (Å²) in [5, 5.41) is 5.45. The van der Waals surface area contributed by atoms with E-state index in [1.54, 1.807) is 11.3 Å². The quantitative estimate of drug-likeness (QED) is 0.889. The van der Waals surface area contributed by atoms with E-state index in [1.165, 1.54) is 10.4 Å². The van der Waals surface area contributed by atoms with Crippen molar-refractivity contribution in [2.75, 3.05) is 11.1 Å². The molecule has 0 atom stereocenters. The van der Waals surface area contributed by atoms with Gasteiger partial charge in [0.2, 0.25) is 0 Å². The minimum absolute atomic E-state index is 0.562. The molecular formula is C13H18N4S. The van der Waals surface area contributed by atoms with Gasteiger partial charge >= 0.3 is 0 Å². The second-order valence-electron chi connectivity index (χ2n) is 4.23. The standard InChI is InChI=1S/C13H18N4S/c1-4-11-16-12(14)9(3)13(17-11)15-7-10-8(2)5-6-18-10/h5-6H,4,7H2,1-3H3,(H3,14,15,16,17). The van der Waals surface area contributed by atoms with Gasteiger partial charge in [0.15, 0.2) is 0 Å². The zero-order chi connectivity index (χ0) is 13.1. The van der Waals surface area contributed by atoms with E-state index in [0.717, 1.165) is 30.2 Å². The molecule has 2 heterocycles. The van der Waals surface area contributed by atoms with Crippen molar-refractivity contribution in [3.8, 4) is 0 Å². The molecule has 4 nitrogen and oxygen atoms in total. The minimum Gasteiger partial charge on any atom is -0.383 e. The first kappa shape index (κ1) is 12.8. The predicted molar refractivity (Wildman–Crippen MR) is 76.9 cm³/mol. The van der Waals surface area contributed by atoms with Gasteiger partial charge in [-0.05, 0) is 30.9 Å². The van der Waals surface area contributed by atoms with E-state index in [9.17, 15) is 0 Å². The first-order valence-electron chi connectivity index (χ1n) is 6.01. The summed E-state index contributed by atoms with van der Waals surface area (Å²) in [7, 11) is 0. The fourth-order valence-electron chi connectivity index (χ4n) is 1.66. The Morgan fingerprint density at radius 1 is 1.33 bits per heavy atom. The van der Waals surface area contributed by atoms with E-state index in [2.05, 4.69) is 33.7 Å². The SMILES string of the molecule is CCc1nc(N)c(C)c(NCc2sccc2C)n1. The summed E-state index contributed by atoms with van der Waals surface area (Å²) in [6.45, 7) is 6.87. The number of thiophene rings is 1. The molecule has 0 amide bonds. The molecule has 0 spiro atoms. The minimum atomic E-state index is 0.562. The Morgan fingerprint density at radius 2 is 2.11 bits per heavy atom. The van der Waals surface area contributed by atoms with Gasteiger partial charge in [0.25, 0.3) is 0 Å². The Hall–Kier alpha value is -1.62. The molecule has 2 aromatic heterocycles. The molecule has 0 aliphatic carbocycles. The van der Waals surface area contributed by atoms with Crippen molar-refractivity contribution in [3.63, 3.8) is 0 Å². The first-order valence-corrected chi connectivity index (χ1v) is 6.89. The van der Waals surface area contributed by atoms with Crippen molar-refractivity contribution < 1.29 is 0 Å². The highest BCUT2D eigenvalue weighted by Gasteiger charge is 2.08. The smallest absolute Gasteiger partial charge is 0.135 e. The zero-order valence-corrected chi connectivity index (χ0v) is 11.8. The highest BCUT2D eigenvalue weighted by molar-refractivity contribution is 7.10. The summed E-state index contributed by atoms with van der Waals surface area (Å²) >= 11 is 1.75. The Kier molecular flexibility index (Phi) is 3.81. The van der Waals surface area contributed by atoms with Crippen molar-refractivity contribution in [2.45, 2.75) is 33.7 Å². The third-order valence-electron chi connectivity index (χ3n) is 2.93. The lowest BCUT2D eigenvalue weighted by Gasteiger charge is -2.11. The Bertz CT molecular complexity index is 548. The molecule has 5 heteroatoms. The monoisotopic (exact) mass is 262 g/mol. The highest BCUT2D eigenvalue weighted by Crippen LogP contribution is 2.21. The van der Waals surface area contributed by atoms with Gasteiger partial charge in [-0.1, -0.05) is 6.92 Å². The summed E-state index contributed by atoms with van der Waals surface area (Å²) in [6.07, 6.45) is 0.789. The van der Waals surface area contributed by atoms with E-state index in [1.807, 2.05) is 13.8 Å². The summed E-state index contributed by atoms with van der Waals surface area (Å²) in [5.74, 6) is 2.18. The van der Waals surface area contributed by atoms with Gasteiger partial charge in [-0.3, -0.25) is 0 Å². The van der Waals surface area contributed by atoms with Gasteiger partial charge in [0.05, 0.1) is 6.54 Å². The number of aromatic nitrogens is 2. The molecule has 0 fully saturated rings. The van der Waals surface area contributed by atoms with E-state index >= 15 is 0 Å². The Labute approximate surface area is 111 Å². The van der Waals surface area contributed by atoms with Gasteiger partial charge in [-0.25, -0.2) is 9.97 Å². The third kappa shape index (κ3) is 2.61. The van der Waals surface area contributed by atoms with Gasteiger partial charge in [-0.15, -0.1) is 11.3 Å². The Morgan fingerprint density at radius 3 is 2.72 bits per heavy atom. The molecule has 0 aliphatic heterocycles. The maximum absolute atomic E-state index is 5.89. The molecule has 0 aliphatic rings. The second-order valence-corrected chi connectivity index (χ2v) is 5.23. The maximum Gasteiger partial charge on any atom is 0.135 e. The van der Waals surface area contributed by atoms with Crippen LogP contribution in [0, 0.1) is 13.8 Å². The topological polar surface area (TPSA) is 63.8 Å². The largest absolute Gasteiger partial charge is 0.383 e. The molecule has 0 saturated carbocycles. The number of hydrogen-bond donors (Lipinski definition) is 2. The van der Waals surface area contributed by atoms with Crippen molar-refractivity contribution in [1.29, 1.82) is 0 Å². The van der Waals surface area contributed by atoms with Crippen LogP contribution in [0.5, 0.6) is 0 Å². The molecule has 0 radical (unpaired) electrons. The van der Waals surface area contributed by atoms with Gasteiger partial charge in [-0.2, -0.15) is 0 Å². The molecule has 0 bridgehead atoms. The summed E-state index contributed by atoms with van der Waals surface area (Å²) in [4.78, 5) is 10.1. The molecule has 2 aromatic rings. The van der Waals surface area contributed by atoms with Crippen LogP contribution in [-0.4, -0.2) is 9.97 Å². The van der Waals surface area contributed by atoms with Crippen LogP contribution in [-0.2, 0) is 13.0 Å². The van der Waals surface area contributed by atoms with Crippen LogP contribution in [0.15, 0.2) is 11.4 Å². The molecule has 2 rings (SSSR count). The fourth-order valence-corrected chi connectivity index (χ4v) is 2.51. The van der Waals surface area contributed by atoms with Gasteiger partial charge in [0.1, 0.15) is 17.5 Å². The molecular weight excluding hydrogens is 244 g/mol.